The second-order valence-electron chi connectivity index (χ2n) is 5.01. The quantitative estimate of drug-likeness (QED) is 0.396. The lowest BCUT2D eigenvalue weighted by molar-refractivity contribution is -0.872. The van der Waals surface area contributed by atoms with Gasteiger partial charge in [-0.25, -0.2) is 0 Å². The van der Waals surface area contributed by atoms with Crippen LogP contribution in [0.3, 0.4) is 0 Å². The van der Waals surface area contributed by atoms with Crippen molar-refractivity contribution in [2.75, 3.05) is 27.7 Å². The van der Waals surface area contributed by atoms with Gasteiger partial charge in [0.15, 0.2) is 0 Å². The minimum absolute atomic E-state index is 0.499. The van der Waals surface area contributed by atoms with Crippen molar-refractivity contribution < 1.29 is 9.69 Å². The summed E-state index contributed by atoms with van der Waals surface area (Å²) in [4.78, 5) is 0. The van der Waals surface area contributed by atoms with Crippen LogP contribution in [0.1, 0.15) is 25.7 Å². The van der Waals surface area contributed by atoms with Crippen LogP contribution in [-0.4, -0.2) is 43.1 Å². The molecule has 1 rings (SSSR count). The van der Waals surface area contributed by atoms with E-state index in [4.69, 9.17) is 5.21 Å². The van der Waals surface area contributed by atoms with Gasteiger partial charge in [-0.05, 0) is 19.3 Å². The van der Waals surface area contributed by atoms with Crippen molar-refractivity contribution in [3.63, 3.8) is 0 Å². The highest BCUT2D eigenvalue weighted by Crippen LogP contribution is 2.23. The molecule has 0 heterocycles. The Kier molecular flexibility index (Phi) is 3.31. The van der Waals surface area contributed by atoms with Gasteiger partial charge in [0.2, 0.25) is 0 Å². The van der Waals surface area contributed by atoms with Gasteiger partial charge in [0.25, 0.3) is 0 Å². The van der Waals surface area contributed by atoms with Crippen LogP contribution >= 0.6 is 0 Å². The Morgan fingerprint density at radius 3 is 2.62 bits per heavy atom. The molecule has 3 nitrogen and oxygen atoms in total. The van der Waals surface area contributed by atoms with E-state index in [2.05, 4.69) is 26.3 Å². The Balaban J connectivity index is 2.56. The summed E-state index contributed by atoms with van der Waals surface area (Å²) in [5, 5.41) is 12.3. The average molecular weight is 185 g/mol. The van der Waals surface area contributed by atoms with Crippen molar-refractivity contribution in [2.45, 2.75) is 25.7 Å². The molecular weight excluding hydrogens is 164 g/mol. The summed E-state index contributed by atoms with van der Waals surface area (Å²) in [5.74, 6) is 0.499. The molecule has 1 atom stereocenters. The zero-order chi connectivity index (χ0) is 9.90. The number of nitrogens with zero attached hydrogens (tertiary/aromatic N) is 2. The van der Waals surface area contributed by atoms with Crippen molar-refractivity contribution in [1.29, 1.82) is 0 Å². The molecule has 0 saturated heterocycles. The second kappa shape index (κ2) is 4.09. The number of hydrogen-bond donors (Lipinski definition) is 1. The largest absolute Gasteiger partial charge is 0.411 e. The van der Waals surface area contributed by atoms with Gasteiger partial charge in [0.05, 0.1) is 33.4 Å². The van der Waals surface area contributed by atoms with Crippen molar-refractivity contribution in [3.8, 4) is 0 Å². The summed E-state index contributed by atoms with van der Waals surface area (Å²) in [7, 11) is 6.55. The van der Waals surface area contributed by atoms with Gasteiger partial charge in [0.1, 0.15) is 0 Å². The first-order chi connectivity index (χ1) is 6.03. The third kappa shape index (κ3) is 3.35. The molecule has 1 N–H and O–H groups in total. The first-order valence-electron chi connectivity index (χ1n) is 5.04. The summed E-state index contributed by atoms with van der Waals surface area (Å²) >= 11 is 0. The van der Waals surface area contributed by atoms with Crippen LogP contribution in [0.2, 0.25) is 0 Å². The van der Waals surface area contributed by atoms with Gasteiger partial charge in [0, 0.05) is 5.92 Å². The smallest absolute Gasteiger partial charge is 0.0863 e. The molecule has 0 aromatic heterocycles. The van der Waals surface area contributed by atoms with Crippen molar-refractivity contribution in [1.82, 2.24) is 0 Å². The molecule has 0 aromatic carbocycles. The number of hydrogen-bond acceptors (Lipinski definition) is 2. The minimum atomic E-state index is 0.499. The fourth-order valence-electron chi connectivity index (χ4n) is 2.06. The van der Waals surface area contributed by atoms with Crippen LogP contribution in [0.25, 0.3) is 0 Å². The zero-order valence-electron chi connectivity index (χ0n) is 8.95. The first-order valence-corrected chi connectivity index (χ1v) is 5.04. The molecule has 0 spiro atoms. The van der Waals surface area contributed by atoms with E-state index in [1.54, 1.807) is 0 Å². The molecule has 13 heavy (non-hydrogen) atoms. The van der Waals surface area contributed by atoms with Crippen molar-refractivity contribution >= 4 is 5.71 Å². The standard InChI is InChI=1S/C10H20N2O/c1-12(2,3)8-9-6-4-5-7-10(9)11-13/h9H,4-8H2,1-3H3/p+1/b11-10+/t9-/m0/s1. The molecule has 1 fully saturated rings. The lowest BCUT2D eigenvalue weighted by Crippen LogP contribution is -2.42. The Morgan fingerprint density at radius 1 is 1.38 bits per heavy atom. The van der Waals surface area contributed by atoms with E-state index in [-0.39, 0.29) is 0 Å². The highest BCUT2D eigenvalue weighted by atomic mass is 16.4. The van der Waals surface area contributed by atoms with Gasteiger partial charge in [-0.15, -0.1) is 0 Å². The third-order valence-corrected chi connectivity index (χ3v) is 2.60. The fraction of sp³-hybridized carbons (Fsp3) is 0.900. The van der Waals surface area contributed by atoms with E-state index < -0.39 is 0 Å². The topological polar surface area (TPSA) is 32.6 Å². The maximum atomic E-state index is 8.84. The SMILES string of the molecule is C[N+](C)(C)C[C@@H]1CCCC/C1=N\O. The summed E-state index contributed by atoms with van der Waals surface area (Å²) in [6, 6.07) is 0. The molecule has 1 aliphatic rings. The maximum Gasteiger partial charge on any atom is 0.0863 e. The highest BCUT2D eigenvalue weighted by molar-refractivity contribution is 5.86. The van der Waals surface area contributed by atoms with E-state index >= 15 is 0 Å². The van der Waals surface area contributed by atoms with E-state index in [0.717, 1.165) is 23.2 Å². The fourth-order valence-corrected chi connectivity index (χ4v) is 2.06. The first kappa shape index (κ1) is 10.5. The number of oxime groups is 1. The monoisotopic (exact) mass is 185 g/mol. The Labute approximate surface area is 80.6 Å². The van der Waals surface area contributed by atoms with Crippen LogP contribution in [0, 0.1) is 5.92 Å². The van der Waals surface area contributed by atoms with E-state index in [0.29, 0.717) is 5.92 Å². The van der Waals surface area contributed by atoms with Crippen LogP contribution < -0.4 is 0 Å². The molecule has 3 heteroatoms. The molecule has 0 aromatic rings. The molecule has 1 saturated carbocycles. The molecule has 0 unspecified atom stereocenters. The lowest BCUT2D eigenvalue weighted by Gasteiger charge is -2.31. The van der Waals surface area contributed by atoms with E-state index in [9.17, 15) is 0 Å². The summed E-state index contributed by atoms with van der Waals surface area (Å²) < 4.78 is 0.948. The summed E-state index contributed by atoms with van der Waals surface area (Å²) in [6.07, 6.45) is 4.65. The van der Waals surface area contributed by atoms with Crippen molar-refractivity contribution in [2.24, 2.45) is 11.1 Å². The van der Waals surface area contributed by atoms with Crippen molar-refractivity contribution in [3.05, 3.63) is 0 Å². The van der Waals surface area contributed by atoms with Gasteiger partial charge in [-0.2, -0.15) is 0 Å². The molecule has 0 amide bonds. The molecule has 76 valence electrons. The van der Waals surface area contributed by atoms with Crippen LogP contribution in [0.15, 0.2) is 5.16 Å². The lowest BCUT2D eigenvalue weighted by atomic mass is 9.86. The number of quaternary nitrogens is 1. The van der Waals surface area contributed by atoms with Crippen LogP contribution in [0.5, 0.6) is 0 Å². The molecular formula is C10H21N2O+. The average Bonchev–Trinajstić information content (AvgIpc) is 2.02. The third-order valence-electron chi connectivity index (χ3n) is 2.60. The Hall–Kier alpha value is -0.570. The van der Waals surface area contributed by atoms with Gasteiger partial charge in [-0.3, -0.25) is 0 Å². The Morgan fingerprint density at radius 2 is 2.08 bits per heavy atom. The predicted octanol–water partition coefficient (Wildman–Crippen LogP) is 1.71. The van der Waals surface area contributed by atoms with Gasteiger partial charge in [-0.1, -0.05) is 11.6 Å². The molecule has 0 aliphatic heterocycles. The molecule has 1 aliphatic carbocycles. The molecule has 0 bridgehead atoms. The summed E-state index contributed by atoms with van der Waals surface area (Å²) in [6.45, 7) is 1.08. The number of rotatable bonds is 2. The second-order valence-corrected chi connectivity index (χ2v) is 5.01. The van der Waals surface area contributed by atoms with Crippen LogP contribution in [-0.2, 0) is 0 Å². The Bertz CT molecular complexity index is 194. The van der Waals surface area contributed by atoms with Gasteiger partial charge < -0.3 is 9.69 Å². The molecule has 0 radical (unpaired) electrons. The minimum Gasteiger partial charge on any atom is -0.411 e. The van der Waals surface area contributed by atoms with Gasteiger partial charge >= 0.3 is 0 Å². The van der Waals surface area contributed by atoms with Crippen LogP contribution in [0.4, 0.5) is 0 Å². The van der Waals surface area contributed by atoms with E-state index in [1.807, 2.05) is 0 Å². The highest BCUT2D eigenvalue weighted by Gasteiger charge is 2.26. The van der Waals surface area contributed by atoms with E-state index in [1.165, 1.54) is 19.3 Å². The summed E-state index contributed by atoms with van der Waals surface area (Å²) in [5.41, 5.74) is 1.01. The maximum absolute atomic E-state index is 8.84. The normalized spacial score (nSPS) is 27.9. The predicted molar refractivity (Wildman–Crippen MR) is 54.1 cm³/mol. The zero-order valence-corrected chi connectivity index (χ0v) is 8.95.